The maximum atomic E-state index is 4.27. The van der Waals surface area contributed by atoms with Crippen molar-refractivity contribution < 1.29 is 0 Å². The van der Waals surface area contributed by atoms with Crippen molar-refractivity contribution in [3.63, 3.8) is 0 Å². The van der Waals surface area contributed by atoms with E-state index in [0.29, 0.717) is 0 Å². The Labute approximate surface area is 108 Å². The Bertz CT molecular complexity index is 583. The lowest BCUT2D eigenvalue weighted by molar-refractivity contribution is 0.744. The highest BCUT2D eigenvalue weighted by molar-refractivity contribution is 5.72. The van der Waals surface area contributed by atoms with Gasteiger partial charge in [-0.15, -0.1) is 0 Å². The SMILES string of the molecule is Cc1cc2c(cc1-c1cnn(C)c1)CCCN2C. The van der Waals surface area contributed by atoms with Gasteiger partial charge >= 0.3 is 0 Å². The van der Waals surface area contributed by atoms with Gasteiger partial charge in [0.15, 0.2) is 0 Å². The number of nitrogens with zero attached hydrogens (tertiary/aromatic N) is 3. The second-order valence-electron chi connectivity index (χ2n) is 5.22. The standard InChI is InChI=1S/C15H19N3/c1-11-7-15-12(5-4-6-17(15)2)8-14(11)13-9-16-18(3)10-13/h7-10H,4-6H2,1-3H3. The third-order valence-electron chi connectivity index (χ3n) is 3.79. The van der Waals surface area contributed by atoms with Crippen LogP contribution in [-0.4, -0.2) is 23.4 Å². The van der Waals surface area contributed by atoms with Gasteiger partial charge in [0.05, 0.1) is 6.20 Å². The fraction of sp³-hybridized carbons (Fsp3) is 0.400. The normalized spacial score (nSPS) is 14.7. The third-order valence-corrected chi connectivity index (χ3v) is 3.79. The molecule has 0 amide bonds. The van der Waals surface area contributed by atoms with Gasteiger partial charge in [0.1, 0.15) is 0 Å². The molecule has 0 unspecified atom stereocenters. The van der Waals surface area contributed by atoms with E-state index in [4.69, 9.17) is 0 Å². The number of aryl methyl sites for hydroxylation is 3. The summed E-state index contributed by atoms with van der Waals surface area (Å²) < 4.78 is 1.86. The van der Waals surface area contributed by atoms with Crippen molar-refractivity contribution in [2.24, 2.45) is 7.05 Å². The molecule has 1 aliphatic rings. The zero-order chi connectivity index (χ0) is 12.7. The van der Waals surface area contributed by atoms with E-state index in [2.05, 4.69) is 42.3 Å². The van der Waals surface area contributed by atoms with Crippen molar-refractivity contribution >= 4 is 5.69 Å². The number of benzene rings is 1. The molecule has 94 valence electrons. The number of rotatable bonds is 1. The average Bonchev–Trinajstić information content (AvgIpc) is 2.76. The lowest BCUT2D eigenvalue weighted by Gasteiger charge is -2.28. The minimum Gasteiger partial charge on any atom is -0.374 e. The zero-order valence-corrected chi connectivity index (χ0v) is 11.3. The summed E-state index contributed by atoms with van der Waals surface area (Å²) in [6.45, 7) is 3.35. The second-order valence-corrected chi connectivity index (χ2v) is 5.22. The van der Waals surface area contributed by atoms with E-state index in [1.807, 2.05) is 17.9 Å². The van der Waals surface area contributed by atoms with Crippen LogP contribution in [0.5, 0.6) is 0 Å². The highest BCUT2D eigenvalue weighted by atomic mass is 15.2. The predicted octanol–water partition coefficient (Wildman–Crippen LogP) is 2.78. The van der Waals surface area contributed by atoms with Crippen LogP contribution < -0.4 is 4.90 Å². The summed E-state index contributed by atoms with van der Waals surface area (Å²) in [6, 6.07) is 4.66. The number of anilines is 1. The second kappa shape index (κ2) is 4.16. The van der Waals surface area contributed by atoms with E-state index in [0.717, 1.165) is 0 Å². The van der Waals surface area contributed by atoms with Gasteiger partial charge in [0, 0.05) is 38.1 Å². The van der Waals surface area contributed by atoms with E-state index >= 15 is 0 Å². The largest absolute Gasteiger partial charge is 0.374 e. The first-order valence-electron chi connectivity index (χ1n) is 6.49. The van der Waals surface area contributed by atoms with Crippen molar-refractivity contribution in [2.45, 2.75) is 19.8 Å². The first-order chi connectivity index (χ1) is 8.65. The molecule has 2 heterocycles. The van der Waals surface area contributed by atoms with Crippen LogP contribution in [0.25, 0.3) is 11.1 Å². The molecule has 0 bridgehead atoms. The van der Waals surface area contributed by atoms with Crippen molar-refractivity contribution in [2.75, 3.05) is 18.5 Å². The van der Waals surface area contributed by atoms with Crippen LogP contribution in [-0.2, 0) is 13.5 Å². The number of aromatic nitrogens is 2. The van der Waals surface area contributed by atoms with E-state index in [1.165, 1.54) is 47.3 Å². The molecule has 0 N–H and O–H groups in total. The number of fused-ring (bicyclic) bond motifs is 1. The lowest BCUT2D eigenvalue weighted by atomic mass is 9.94. The number of hydrogen-bond acceptors (Lipinski definition) is 2. The Morgan fingerprint density at radius 3 is 2.78 bits per heavy atom. The van der Waals surface area contributed by atoms with E-state index in [9.17, 15) is 0 Å². The summed E-state index contributed by atoms with van der Waals surface area (Å²) in [7, 11) is 4.15. The molecule has 1 aliphatic heterocycles. The molecular weight excluding hydrogens is 222 g/mol. The van der Waals surface area contributed by atoms with Gasteiger partial charge in [-0.05, 0) is 48.6 Å². The molecule has 18 heavy (non-hydrogen) atoms. The molecule has 3 nitrogen and oxygen atoms in total. The average molecular weight is 241 g/mol. The van der Waals surface area contributed by atoms with Crippen LogP contribution in [0.2, 0.25) is 0 Å². The Morgan fingerprint density at radius 1 is 1.22 bits per heavy atom. The first kappa shape index (κ1) is 11.3. The van der Waals surface area contributed by atoms with E-state index in [1.54, 1.807) is 0 Å². The number of hydrogen-bond donors (Lipinski definition) is 0. The molecular formula is C15H19N3. The van der Waals surface area contributed by atoms with Crippen LogP contribution in [0, 0.1) is 6.92 Å². The molecule has 3 heteroatoms. The molecule has 2 aromatic rings. The van der Waals surface area contributed by atoms with Gasteiger partial charge < -0.3 is 4.90 Å². The zero-order valence-electron chi connectivity index (χ0n) is 11.3. The van der Waals surface area contributed by atoms with Crippen LogP contribution in [0.15, 0.2) is 24.5 Å². The molecule has 0 aliphatic carbocycles. The quantitative estimate of drug-likeness (QED) is 0.765. The van der Waals surface area contributed by atoms with Gasteiger partial charge in [-0.25, -0.2) is 0 Å². The highest BCUT2D eigenvalue weighted by Crippen LogP contribution is 2.33. The van der Waals surface area contributed by atoms with Crippen molar-refractivity contribution in [1.29, 1.82) is 0 Å². The molecule has 0 fully saturated rings. The summed E-state index contributed by atoms with van der Waals surface area (Å²) in [6.07, 6.45) is 6.47. The van der Waals surface area contributed by atoms with Crippen LogP contribution in [0.4, 0.5) is 5.69 Å². The van der Waals surface area contributed by atoms with Crippen molar-refractivity contribution in [3.05, 3.63) is 35.7 Å². The molecule has 0 saturated carbocycles. The Balaban J connectivity index is 2.12. The first-order valence-corrected chi connectivity index (χ1v) is 6.49. The van der Waals surface area contributed by atoms with E-state index in [-0.39, 0.29) is 0 Å². The fourth-order valence-electron chi connectivity index (χ4n) is 2.79. The van der Waals surface area contributed by atoms with Gasteiger partial charge in [-0.1, -0.05) is 0 Å². The summed E-state index contributed by atoms with van der Waals surface area (Å²) >= 11 is 0. The van der Waals surface area contributed by atoms with Gasteiger partial charge in [0.2, 0.25) is 0 Å². The summed E-state index contributed by atoms with van der Waals surface area (Å²) in [5.74, 6) is 0. The van der Waals surface area contributed by atoms with Crippen molar-refractivity contribution in [3.8, 4) is 11.1 Å². The maximum absolute atomic E-state index is 4.27. The van der Waals surface area contributed by atoms with Gasteiger partial charge in [0.25, 0.3) is 0 Å². The van der Waals surface area contributed by atoms with Crippen LogP contribution >= 0.6 is 0 Å². The Kier molecular flexibility index (Phi) is 2.62. The van der Waals surface area contributed by atoms with Crippen molar-refractivity contribution in [1.82, 2.24) is 9.78 Å². The third kappa shape index (κ3) is 1.80. The molecule has 3 rings (SSSR count). The topological polar surface area (TPSA) is 21.1 Å². The monoisotopic (exact) mass is 241 g/mol. The highest BCUT2D eigenvalue weighted by Gasteiger charge is 2.16. The van der Waals surface area contributed by atoms with Gasteiger partial charge in [-0.2, -0.15) is 5.10 Å². The summed E-state index contributed by atoms with van der Waals surface area (Å²) in [5, 5.41) is 4.27. The molecule has 0 radical (unpaired) electrons. The van der Waals surface area contributed by atoms with Crippen LogP contribution in [0.1, 0.15) is 17.5 Å². The Hall–Kier alpha value is -1.77. The lowest BCUT2D eigenvalue weighted by Crippen LogP contribution is -2.24. The van der Waals surface area contributed by atoms with Gasteiger partial charge in [-0.3, -0.25) is 4.68 Å². The molecule has 0 spiro atoms. The Morgan fingerprint density at radius 2 is 2.06 bits per heavy atom. The maximum Gasteiger partial charge on any atom is 0.0568 e. The summed E-state index contributed by atoms with van der Waals surface area (Å²) in [5.41, 5.74) is 6.72. The molecule has 0 atom stereocenters. The summed E-state index contributed by atoms with van der Waals surface area (Å²) in [4.78, 5) is 2.36. The molecule has 1 aromatic carbocycles. The van der Waals surface area contributed by atoms with Crippen LogP contribution in [0.3, 0.4) is 0 Å². The molecule has 0 saturated heterocycles. The minimum absolute atomic E-state index is 1.17. The fourth-order valence-corrected chi connectivity index (χ4v) is 2.79. The predicted molar refractivity (Wildman–Crippen MR) is 75.0 cm³/mol. The molecule has 1 aromatic heterocycles. The minimum atomic E-state index is 1.17. The van der Waals surface area contributed by atoms with E-state index < -0.39 is 0 Å². The smallest absolute Gasteiger partial charge is 0.0568 e.